The maximum absolute atomic E-state index is 12.0. The summed E-state index contributed by atoms with van der Waals surface area (Å²) in [4.78, 5) is 46.0. The second-order valence-corrected chi connectivity index (χ2v) is 4.78. The van der Waals surface area contributed by atoms with Crippen LogP contribution in [0.1, 0.15) is 12.8 Å². The SMILES string of the molecule is O=C(Cn1[nH]c(=O)ccc1=O)NC1(C(=O)O)CCOCC1. The number of aromatic amines is 1. The second kappa shape index (κ2) is 5.92. The number of rotatable bonds is 4. The van der Waals surface area contributed by atoms with Crippen LogP contribution in [-0.4, -0.2) is 45.5 Å². The van der Waals surface area contributed by atoms with Gasteiger partial charge in [-0.25, -0.2) is 9.48 Å². The van der Waals surface area contributed by atoms with Gasteiger partial charge in [-0.2, -0.15) is 0 Å². The Hall–Kier alpha value is -2.42. The number of nitrogens with zero attached hydrogens (tertiary/aromatic N) is 1. The summed E-state index contributed by atoms with van der Waals surface area (Å²) in [6, 6.07) is 2.08. The summed E-state index contributed by atoms with van der Waals surface area (Å²) in [6.45, 7) is 0.00813. The van der Waals surface area contributed by atoms with Gasteiger partial charge in [0.25, 0.3) is 11.1 Å². The Morgan fingerprint density at radius 2 is 2.00 bits per heavy atom. The predicted molar refractivity (Wildman–Crippen MR) is 69.9 cm³/mol. The maximum Gasteiger partial charge on any atom is 0.329 e. The Bertz CT molecular complexity index is 655. The lowest BCUT2D eigenvalue weighted by molar-refractivity contribution is -0.152. The molecule has 0 aromatic carbocycles. The first kappa shape index (κ1) is 15.0. The minimum absolute atomic E-state index is 0.147. The zero-order valence-electron chi connectivity index (χ0n) is 11.1. The van der Waals surface area contributed by atoms with Crippen molar-refractivity contribution in [1.82, 2.24) is 15.1 Å². The molecule has 0 radical (unpaired) electrons. The Morgan fingerprint density at radius 3 is 2.62 bits per heavy atom. The van der Waals surface area contributed by atoms with E-state index in [4.69, 9.17) is 4.74 Å². The molecule has 114 valence electrons. The highest BCUT2D eigenvalue weighted by Crippen LogP contribution is 2.20. The average molecular weight is 297 g/mol. The van der Waals surface area contributed by atoms with E-state index < -0.39 is 35.1 Å². The van der Waals surface area contributed by atoms with Gasteiger partial charge in [-0.15, -0.1) is 0 Å². The second-order valence-electron chi connectivity index (χ2n) is 4.78. The Balaban J connectivity index is 2.13. The maximum atomic E-state index is 12.0. The molecule has 9 heteroatoms. The quantitative estimate of drug-likeness (QED) is 0.606. The molecule has 0 spiro atoms. The van der Waals surface area contributed by atoms with E-state index >= 15 is 0 Å². The molecule has 21 heavy (non-hydrogen) atoms. The van der Waals surface area contributed by atoms with Gasteiger partial charge in [0.05, 0.1) is 0 Å². The molecule has 1 aromatic rings. The summed E-state index contributed by atoms with van der Waals surface area (Å²) >= 11 is 0. The molecule has 0 bridgehead atoms. The fourth-order valence-corrected chi connectivity index (χ4v) is 2.14. The molecule has 2 heterocycles. The molecule has 1 aliphatic rings. The number of carboxylic acids is 1. The van der Waals surface area contributed by atoms with Gasteiger partial charge >= 0.3 is 5.97 Å². The first-order valence-electron chi connectivity index (χ1n) is 6.35. The van der Waals surface area contributed by atoms with Gasteiger partial charge in [0.15, 0.2) is 0 Å². The van der Waals surface area contributed by atoms with Crippen LogP contribution in [0.4, 0.5) is 0 Å². The van der Waals surface area contributed by atoms with Crippen molar-refractivity contribution in [2.45, 2.75) is 24.9 Å². The van der Waals surface area contributed by atoms with E-state index in [0.29, 0.717) is 0 Å². The molecule has 1 aliphatic heterocycles. The summed E-state index contributed by atoms with van der Waals surface area (Å²) < 4.78 is 5.92. The van der Waals surface area contributed by atoms with Gasteiger partial charge in [-0.1, -0.05) is 0 Å². The normalized spacial score (nSPS) is 17.1. The van der Waals surface area contributed by atoms with E-state index in [1.165, 1.54) is 0 Å². The molecule has 2 rings (SSSR count). The zero-order valence-corrected chi connectivity index (χ0v) is 11.1. The fraction of sp³-hybridized carbons (Fsp3) is 0.500. The Kier molecular flexibility index (Phi) is 4.22. The minimum Gasteiger partial charge on any atom is -0.480 e. The highest BCUT2D eigenvalue weighted by molar-refractivity contribution is 5.87. The third-order valence-corrected chi connectivity index (χ3v) is 3.32. The summed E-state index contributed by atoms with van der Waals surface area (Å²) in [5.74, 6) is -1.81. The molecular weight excluding hydrogens is 282 g/mol. The third kappa shape index (κ3) is 3.37. The third-order valence-electron chi connectivity index (χ3n) is 3.32. The van der Waals surface area contributed by atoms with Crippen LogP contribution in [0.3, 0.4) is 0 Å². The molecule has 0 saturated carbocycles. The van der Waals surface area contributed by atoms with Gasteiger partial charge in [0.1, 0.15) is 12.1 Å². The summed E-state index contributed by atoms with van der Waals surface area (Å²) in [5.41, 5.74) is -2.48. The molecule has 1 fully saturated rings. The van der Waals surface area contributed by atoms with Crippen LogP contribution >= 0.6 is 0 Å². The largest absolute Gasteiger partial charge is 0.480 e. The highest BCUT2D eigenvalue weighted by Gasteiger charge is 2.41. The number of hydrogen-bond acceptors (Lipinski definition) is 5. The molecule has 0 aliphatic carbocycles. The number of amides is 1. The number of ether oxygens (including phenoxy) is 1. The smallest absolute Gasteiger partial charge is 0.329 e. The Morgan fingerprint density at radius 1 is 1.33 bits per heavy atom. The standard InChI is InChI=1S/C12H15N3O6/c16-8-1-2-10(18)15(14-8)7-9(17)13-12(11(19)20)3-5-21-6-4-12/h1-2H,3-7H2,(H,13,17)(H,14,16)(H,19,20). The highest BCUT2D eigenvalue weighted by atomic mass is 16.5. The van der Waals surface area contributed by atoms with Crippen molar-refractivity contribution in [2.75, 3.05) is 13.2 Å². The molecule has 9 nitrogen and oxygen atoms in total. The number of aromatic nitrogens is 2. The van der Waals surface area contributed by atoms with Gasteiger partial charge in [-0.05, 0) is 0 Å². The summed E-state index contributed by atoms with van der Waals surface area (Å²) in [5, 5.41) is 13.9. The molecule has 1 amide bonds. The lowest BCUT2D eigenvalue weighted by atomic mass is 9.90. The minimum atomic E-state index is -1.39. The zero-order chi connectivity index (χ0) is 15.5. The number of hydrogen-bond donors (Lipinski definition) is 3. The van der Waals surface area contributed by atoms with E-state index in [2.05, 4.69) is 10.4 Å². The number of carbonyl (C=O) groups excluding carboxylic acids is 1. The first-order valence-corrected chi connectivity index (χ1v) is 6.35. The fourth-order valence-electron chi connectivity index (χ4n) is 2.14. The van der Waals surface area contributed by atoms with E-state index in [1.54, 1.807) is 0 Å². The molecule has 3 N–H and O–H groups in total. The van der Waals surface area contributed by atoms with Crippen molar-refractivity contribution in [3.63, 3.8) is 0 Å². The monoisotopic (exact) mass is 297 g/mol. The predicted octanol–water partition coefficient (Wildman–Crippen LogP) is -1.71. The van der Waals surface area contributed by atoms with Crippen molar-refractivity contribution in [3.05, 3.63) is 32.8 Å². The summed E-state index contributed by atoms with van der Waals surface area (Å²) in [7, 11) is 0. The summed E-state index contributed by atoms with van der Waals surface area (Å²) in [6.07, 6.45) is 0.294. The molecule has 0 unspecified atom stereocenters. The van der Waals surface area contributed by atoms with Gasteiger partial charge in [0.2, 0.25) is 5.91 Å². The molecular formula is C12H15N3O6. The van der Waals surface area contributed by atoms with Crippen LogP contribution in [0, 0.1) is 0 Å². The number of carbonyl (C=O) groups is 2. The van der Waals surface area contributed by atoms with Gasteiger partial charge in [0, 0.05) is 38.2 Å². The molecule has 1 aromatic heterocycles. The van der Waals surface area contributed by atoms with E-state index in [9.17, 15) is 24.3 Å². The number of aliphatic carboxylic acids is 1. The van der Waals surface area contributed by atoms with Crippen molar-refractivity contribution in [1.29, 1.82) is 0 Å². The van der Waals surface area contributed by atoms with Gasteiger partial charge in [-0.3, -0.25) is 19.5 Å². The van der Waals surface area contributed by atoms with Crippen molar-refractivity contribution >= 4 is 11.9 Å². The van der Waals surface area contributed by atoms with Crippen LogP contribution in [0.15, 0.2) is 21.7 Å². The molecule has 0 atom stereocenters. The van der Waals surface area contributed by atoms with E-state index in [-0.39, 0.29) is 26.1 Å². The van der Waals surface area contributed by atoms with Crippen LogP contribution in [-0.2, 0) is 20.9 Å². The van der Waals surface area contributed by atoms with E-state index in [0.717, 1.165) is 16.8 Å². The number of nitrogens with one attached hydrogen (secondary N) is 2. The van der Waals surface area contributed by atoms with Crippen molar-refractivity contribution in [3.8, 4) is 0 Å². The van der Waals surface area contributed by atoms with E-state index in [1.807, 2.05) is 0 Å². The number of H-pyrrole nitrogens is 1. The average Bonchev–Trinajstić information content (AvgIpc) is 2.43. The van der Waals surface area contributed by atoms with Gasteiger partial charge < -0.3 is 15.2 Å². The van der Waals surface area contributed by atoms with Crippen LogP contribution in [0.25, 0.3) is 0 Å². The van der Waals surface area contributed by atoms with Crippen LogP contribution in [0.5, 0.6) is 0 Å². The topological polar surface area (TPSA) is 130 Å². The van der Waals surface area contributed by atoms with Crippen LogP contribution < -0.4 is 16.4 Å². The van der Waals surface area contributed by atoms with Crippen molar-refractivity contribution < 1.29 is 19.4 Å². The lowest BCUT2D eigenvalue weighted by Gasteiger charge is -2.33. The van der Waals surface area contributed by atoms with Crippen molar-refractivity contribution in [2.24, 2.45) is 0 Å². The first-order chi connectivity index (χ1) is 9.93. The number of carboxylic acid groups (broad SMARTS) is 1. The lowest BCUT2D eigenvalue weighted by Crippen LogP contribution is -2.58. The Labute approximate surface area is 118 Å². The molecule has 1 saturated heterocycles. The van der Waals surface area contributed by atoms with Crippen LogP contribution in [0.2, 0.25) is 0 Å².